The number of hydrogen-bond donors (Lipinski definition) is 3. The highest BCUT2D eigenvalue weighted by atomic mass is 32.2. The van der Waals surface area contributed by atoms with Gasteiger partial charge in [0.2, 0.25) is 10.0 Å². The van der Waals surface area contributed by atoms with E-state index in [9.17, 15) is 8.42 Å². The molecule has 1 aliphatic heterocycles. The monoisotopic (exact) mass is 314 g/mol. The molecule has 1 aromatic rings. The fourth-order valence-corrected chi connectivity index (χ4v) is 3.07. The lowest BCUT2D eigenvalue weighted by Gasteiger charge is -2.30. The second-order valence-corrected chi connectivity index (χ2v) is 6.95. The summed E-state index contributed by atoms with van der Waals surface area (Å²) >= 11 is 0. The van der Waals surface area contributed by atoms with Gasteiger partial charge in [-0.2, -0.15) is 0 Å². The van der Waals surface area contributed by atoms with E-state index >= 15 is 0 Å². The number of ether oxygens (including phenoxy) is 1. The van der Waals surface area contributed by atoms with Crippen molar-refractivity contribution in [1.29, 1.82) is 0 Å². The molecule has 4 N–H and O–H groups in total. The molecule has 8 heteroatoms. The highest BCUT2D eigenvalue weighted by molar-refractivity contribution is 7.89. The molecule has 1 aliphatic rings. The Morgan fingerprint density at radius 3 is 2.86 bits per heavy atom. The quantitative estimate of drug-likeness (QED) is 0.658. The van der Waals surface area contributed by atoms with Crippen molar-refractivity contribution in [2.45, 2.75) is 11.0 Å². The maximum absolute atomic E-state index is 11.7. The van der Waals surface area contributed by atoms with Crippen LogP contribution >= 0.6 is 0 Å². The molecule has 7 nitrogen and oxygen atoms in total. The van der Waals surface area contributed by atoms with Crippen molar-refractivity contribution < 1.29 is 13.2 Å². The molecule has 1 aromatic carbocycles. The Hall–Kier alpha value is -1.35. The van der Waals surface area contributed by atoms with Gasteiger partial charge in [0.15, 0.2) is 0 Å². The van der Waals surface area contributed by atoms with E-state index < -0.39 is 10.0 Å². The number of benzene rings is 1. The predicted molar refractivity (Wildman–Crippen MR) is 82.8 cm³/mol. The van der Waals surface area contributed by atoms with E-state index in [4.69, 9.17) is 10.5 Å². The molecule has 0 radical (unpaired) electrons. The molecule has 0 saturated carbocycles. The highest BCUT2D eigenvalue weighted by Gasteiger charge is 2.18. The molecule has 0 amide bonds. The van der Waals surface area contributed by atoms with Crippen LogP contribution in [0.2, 0.25) is 0 Å². The van der Waals surface area contributed by atoms with Gasteiger partial charge in [0.25, 0.3) is 0 Å². The summed E-state index contributed by atoms with van der Waals surface area (Å²) in [6.45, 7) is 3.20. The average molecular weight is 314 g/mol. The molecular weight excluding hydrogens is 292 g/mol. The van der Waals surface area contributed by atoms with Crippen LogP contribution < -0.4 is 15.8 Å². The Balaban J connectivity index is 2.00. The lowest BCUT2D eigenvalue weighted by molar-refractivity contribution is -0.0117. The van der Waals surface area contributed by atoms with Gasteiger partial charge < -0.3 is 20.7 Å². The summed E-state index contributed by atoms with van der Waals surface area (Å²) in [5.74, 6) is 0. The van der Waals surface area contributed by atoms with Crippen molar-refractivity contribution in [1.82, 2.24) is 9.62 Å². The summed E-state index contributed by atoms with van der Waals surface area (Å²) in [7, 11) is -0.103. The Morgan fingerprint density at radius 2 is 2.24 bits per heavy atom. The van der Waals surface area contributed by atoms with E-state index in [1.807, 2.05) is 0 Å². The van der Waals surface area contributed by atoms with Crippen LogP contribution in [0, 0.1) is 0 Å². The maximum Gasteiger partial charge on any atom is 0.242 e. The second kappa shape index (κ2) is 6.61. The van der Waals surface area contributed by atoms with Gasteiger partial charge in [-0.25, -0.2) is 13.1 Å². The van der Waals surface area contributed by atoms with Crippen molar-refractivity contribution in [3.8, 4) is 0 Å². The first kappa shape index (κ1) is 16.0. The minimum absolute atomic E-state index is 0.0872. The van der Waals surface area contributed by atoms with Gasteiger partial charge >= 0.3 is 0 Å². The molecule has 1 saturated heterocycles. The van der Waals surface area contributed by atoms with Gasteiger partial charge in [0.1, 0.15) is 4.90 Å². The third-order valence-electron chi connectivity index (χ3n) is 3.44. The van der Waals surface area contributed by atoms with Gasteiger partial charge in [-0.1, -0.05) is 0 Å². The number of nitrogen functional groups attached to an aromatic ring is 1. The molecule has 0 aromatic heterocycles. The van der Waals surface area contributed by atoms with Crippen molar-refractivity contribution in [3.63, 3.8) is 0 Å². The first-order valence-electron chi connectivity index (χ1n) is 6.79. The summed E-state index contributed by atoms with van der Waals surface area (Å²) in [6, 6.07) is 4.82. The summed E-state index contributed by atoms with van der Waals surface area (Å²) in [4.78, 5) is 2.30. The van der Waals surface area contributed by atoms with Crippen molar-refractivity contribution in [2.24, 2.45) is 0 Å². The standard InChI is InChI=1S/C13H22N4O3S/c1-15-21(18,19)13-4-3-10(7-12(13)14)16-8-11-9-17(2)5-6-20-11/h3-4,7,11,15-16H,5-6,8-9,14H2,1-2H3. The summed E-state index contributed by atoms with van der Waals surface area (Å²) in [6.07, 6.45) is 0.116. The average Bonchev–Trinajstić information content (AvgIpc) is 2.45. The van der Waals surface area contributed by atoms with Crippen molar-refractivity contribution in [3.05, 3.63) is 18.2 Å². The first-order valence-corrected chi connectivity index (χ1v) is 8.28. The predicted octanol–water partition coefficient (Wildman–Crippen LogP) is -0.0806. The fourth-order valence-electron chi connectivity index (χ4n) is 2.24. The lowest BCUT2D eigenvalue weighted by Crippen LogP contribution is -2.43. The number of nitrogens with two attached hydrogens (primary N) is 1. The zero-order chi connectivity index (χ0) is 15.5. The molecule has 0 bridgehead atoms. The smallest absolute Gasteiger partial charge is 0.242 e. The number of likely N-dealkylation sites (N-methyl/N-ethyl adjacent to an activating group) is 1. The van der Waals surface area contributed by atoms with Crippen LogP contribution in [0.15, 0.2) is 23.1 Å². The van der Waals surface area contributed by atoms with E-state index in [-0.39, 0.29) is 16.7 Å². The normalized spacial score (nSPS) is 20.4. The van der Waals surface area contributed by atoms with Crippen LogP contribution in [0.5, 0.6) is 0 Å². The number of nitrogens with zero attached hydrogens (tertiary/aromatic N) is 1. The van der Waals surface area contributed by atoms with Crippen LogP contribution in [0.4, 0.5) is 11.4 Å². The van der Waals surface area contributed by atoms with E-state index in [1.54, 1.807) is 12.1 Å². The SMILES string of the molecule is CNS(=O)(=O)c1ccc(NCC2CN(C)CCO2)cc1N. The number of sulfonamides is 1. The van der Waals surface area contributed by atoms with Crippen LogP contribution in [-0.2, 0) is 14.8 Å². The van der Waals surface area contributed by atoms with E-state index in [2.05, 4.69) is 22.0 Å². The molecule has 1 heterocycles. The molecule has 118 valence electrons. The van der Waals surface area contributed by atoms with Gasteiger partial charge in [0, 0.05) is 25.3 Å². The topological polar surface area (TPSA) is 96.7 Å². The first-order chi connectivity index (χ1) is 9.92. The number of hydrogen-bond acceptors (Lipinski definition) is 6. The largest absolute Gasteiger partial charge is 0.398 e. The number of anilines is 2. The van der Waals surface area contributed by atoms with E-state index in [0.29, 0.717) is 6.54 Å². The lowest BCUT2D eigenvalue weighted by atomic mass is 10.2. The minimum Gasteiger partial charge on any atom is -0.398 e. The Kier molecular flexibility index (Phi) is 5.04. The Morgan fingerprint density at radius 1 is 1.48 bits per heavy atom. The Labute approximate surface area is 125 Å². The molecular formula is C13H22N4O3S. The van der Waals surface area contributed by atoms with Gasteiger partial charge in [-0.05, 0) is 32.3 Å². The van der Waals surface area contributed by atoms with Gasteiger partial charge in [-0.15, -0.1) is 0 Å². The third kappa shape index (κ3) is 4.07. The fraction of sp³-hybridized carbons (Fsp3) is 0.538. The van der Waals surface area contributed by atoms with Crippen LogP contribution in [0.25, 0.3) is 0 Å². The maximum atomic E-state index is 11.7. The molecule has 0 aliphatic carbocycles. The van der Waals surface area contributed by atoms with E-state index in [0.717, 1.165) is 25.4 Å². The van der Waals surface area contributed by atoms with Crippen LogP contribution in [0.3, 0.4) is 0 Å². The zero-order valence-corrected chi connectivity index (χ0v) is 13.1. The Bertz CT molecular complexity index is 591. The summed E-state index contributed by atoms with van der Waals surface area (Å²) < 4.78 is 31.4. The third-order valence-corrected chi connectivity index (χ3v) is 4.93. The molecule has 1 atom stereocenters. The van der Waals surface area contributed by atoms with Gasteiger partial charge in [0.05, 0.1) is 18.4 Å². The highest BCUT2D eigenvalue weighted by Crippen LogP contribution is 2.22. The van der Waals surface area contributed by atoms with E-state index in [1.165, 1.54) is 13.1 Å². The molecule has 2 rings (SSSR count). The summed E-state index contributed by atoms with van der Waals surface area (Å²) in [5.41, 5.74) is 6.81. The second-order valence-electron chi connectivity index (χ2n) is 5.10. The number of morpholine rings is 1. The molecule has 1 fully saturated rings. The zero-order valence-electron chi connectivity index (χ0n) is 12.3. The van der Waals surface area contributed by atoms with Gasteiger partial charge in [-0.3, -0.25) is 0 Å². The van der Waals surface area contributed by atoms with Crippen molar-refractivity contribution >= 4 is 21.4 Å². The van der Waals surface area contributed by atoms with Crippen molar-refractivity contribution in [2.75, 3.05) is 51.4 Å². The number of nitrogens with one attached hydrogen (secondary N) is 2. The summed E-state index contributed by atoms with van der Waals surface area (Å²) in [5, 5.41) is 3.23. The molecule has 1 unspecified atom stereocenters. The number of rotatable bonds is 5. The molecule has 21 heavy (non-hydrogen) atoms. The van der Waals surface area contributed by atoms with Crippen LogP contribution in [-0.4, -0.2) is 59.8 Å². The molecule has 0 spiro atoms. The van der Waals surface area contributed by atoms with Crippen LogP contribution in [0.1, 0.15) is 0 Å². The minimum atomic E-state index is -3.52.